The van der Waals surface area contributed by atoms with Gasteiger partial charge in [-0.1, -0.05) is 0 Å². The van der Waals surface area contributed by atoms with Crippen molar-refractivity contribution in [1.29, 1.82) is 0 Å². The summed E-state index contributed by atoms with van der Waals surface area (Å²) < 4.78 is 26.3. The van der Waals surface area contributed by atoms with Gasteiger partial charge in [0.2, 0.25) is 10.0 Å². The zero-order chi connectivity index (χ0) is 14.8. The molecule has 0 bridgehead atoms. The van der Waals surface area contributed by atoms with Gasteiger partial charge in [-0.2, -0.15) is 9.82 Å². The SMILES string of the molecule is Cc1[nH]ncc1S(=O)(=O)NC(Cc1cnc[nH]1)C(=O)O. The van der Waals surface area contributed by atoms with Gasteiger partial charge in [0, 0.05) is 18.3 Å². The van der Waals surface area contributed by atoms with Crippen molar-refractivity contribution < 1.29 is 18.3 Å². The summed E-state index contributed by atoms with van der Waals surface area (Å²) in [7, 11) is -3.95. The van der Waals surface area contributed by atoms with Crippen LogP contribution in [0.15, 0.2) is 23.6 Å². The predicted octanol–water partition coefficient (Wildman–Crippen LogP) is -0.585. The first-order valence-electron chi connectivity index (χ1n) is 5.62. The molecule has 0 fully saturated rings. The molecule has 0 amide bonds. The van der Waals surface area contributed by atoms with Gasteiger partial charge in [-0.15, -0.1) is 0 Å². The molecule has 10 heteroatoms. The summed E-state index contributed by atoms with van der Waals surface area (Å²) in [4.78, 5) is 17.6. The van der Waals surface area contributed by atoms with Crippen molar-refractivity contribution in [3.05, 3.63) is 30.1 Å². The summed E-state index contributed by atoms with van der Waals surface area (Å²) in [5.74, 6) is -1.27. The largest absolute Gasteiger partial charge is 0.480 e. The van der Waals surface area contributed by atoms with Crippen LogP contribution >= 0.6 is 0 Å². The zero-order valence-electron chi connectivity index (χ0n) is 10.5. The smallest absolute Gasteiger partial charge is 0.322 e. The van der Waals surface area contributed by atoms with Gasteiger partial charge >= 0.3 is 5.97 Å². The van der Waals surface area contributed by atoms with Crippen molar-refractivity contribution in [3.8, 4) is 0 Å². The standard InChI is InChI=1S/C10H13N5O4S/c1-6-9(4-13-14-6)20(18,19)15-8(10(16)17)2-7-3-11-5-12-7/h3-5,8,15H,2H2,1H3,(H,11,12)(H,13,14)(H,16,17). The van der Waals surface area contributed by atoms with Crippen LogP contribution in [0.25, 0.3) is 0 Å². The fraction of sp³-hybridized carbons (Fsp3) is 0.300. The normalized spacial score (nSPS) is 13.2. The van der Waals surface area contributed by atoms with Crippen LogP contribution in [0.3, 0.4) is 0 Å². The number of H-pyrrole nitrogens is 2. The van der Waals surface area contributed by atoms with E-state index in [0.717, 1.165) is 6.20 Å². The van der Waals surface area contributed by atoms with Gasteiger partial charge in [0.05, 0.1) is 18.2 Å². The van der Waals surface area contributed by atoms with Crippen LogP contribution in [0.4, 0.5) is 0 Å². The van der Waals surface area contributed by atoms with Crippen molar-refractivity contribution >= 4 is 16.0 Å². The molecule has 9 nitrogen and oxygen atoms in total. The van der Waals surface area contributed by atoms with Crippen LogP contribution in [0, 0.1) is 6.92 Å². The molecule has 0 saturated heterocycles. The van der Waals surface area contributed by atoms with Gasteiger partial charge in [0.25, 0.3) is 0 Å². The van der Waals surface area contributed by atoms with E-state index in [4.69, 9.17) is 5.11 Å². The highest BCUT2D eigenvalue weighted by molar-refractivity contribution is 7.89. The number of aromatic nitrogens is 4. The van der Waals surface area contributed by atoms with Crippen LogP contribution in [0.5, 0.6) is 0 Å². The van der Waals surface area contributed by atoms with Crippen LogP contribution in [0.1, 0.15) is 11.4 Å². The Balaban J connectivity index is 2.20. The van der Waals surface area contributed by atoms with Crippen molar-refractivity contribution in [2.24, 2.45) is 0 Å². The van der Waals surface area contributed by atoms with Gasteiger partial charge in [-0.3, -0.25) is 9.89 Å². The molecular formula is C10H13N5O4S. The number of sulfonamides is 1. The van der Waals surface area contributed by atoms with E-state index in [1.807, 2.05) is 0 Å². The number of nitrogens with zero attached hydrogens (tertiary/aromatic N) is 2. The minimum atomic E-state index is -3.95. The summed E-state index contributed by atoms with van der Waals surface area (Å²) in [6.07, 6.45) is 3.93. The lowest BCUT2D eigenvalue weighted by molar-refractivity contribution is -0.138. The maximum absolute atomic E-state index is 12.1. The van der Waals surface area contributed by atoms with Gasteiger partial charge in [0.1, 0.15) is 10.9 Å². The van der Waals surface area contributed by atoms with Gasteiger partial charge < -0.3 is 10.1 Å². The van der Waals surface area contributed by atoms with E-state index >= 15 is 0 Å². The van der Waals surface area contributed by atoms with E-state index in [1.54, 1.807) is 0 Å². The van der Waals surface area contributed by atoms with Crippen molar-refractivity contribution in [2.45, 2.75) is 24.3 Å². The molecule has 0 aliphatic heterocycles. The van der Waals surface area contributed by atoms with E-state index < -0.39 is 22.0 Å². The third kappa shape index (κ3) is 3.03. The first-order valence-corrected chi connectivity index (χ1v) is 7.11. The molecule has 1 atom stereocenters. The Labute approximate surface area is 114 Å². The number of nitrogens with one attached hydrogen (secondary N) is 3. The molecule has 0 aromatic carbocycles. The third-order valence-corrected chi connectivity index (χ3v) is 4.23. The molecule has 2 aromatic rings. The van der Waals surface area contributed by atoms with Crippen LogP contribution in [-0.2, 0) is 21.2 Å². The lowest BCUT2D eigenvalue weighted by atomic mass is 10.2. The van der Waals surface area contributed by atoms with Crippen molar-refractivity contribution in [3.63, 3.8) is 0 Å². The highest BCUT2D eigenvalue weighted by atomic mass is 32.2. The Morgan fingerprint density at radius 1 is 1.50 bits per heavy atom. The number of aryl methyl sites for hydroxylation is 1. The number of hydrogen-bond acceptors (Lipinski definition) is 5. The minimum Gasteiger partial charge on any atom is -0.480 e. The van der Waals surface area contributed by atoms with E-state index in [1.165, 1.54) is 19.4 Å². The topological polar surface area (TPSA) is 141 Å². The molecule has 2 aromatic heterocycles. The van der Waals surface area contributed by atoms with Crippen molar-refractivity contribution in [1.82, 2.24) is 24.9 Å². The number of carboxylic acids is 1. The number of carbonyl (C=O) groups is 1. The summed E-state index contributed by atoms with van der Waals surface area (Å²) in [6.45, 7) is 1.53. The van der Waals surface area contributed by atoms with Crippen molar-refractivity contribution in [2.75, 3.05) is 0 Å². The van der Waals surface area contributed by atoms with Crippen LogP contribution in [-0.4, -0.2) is 45.7 Å². The maximum Gasteiger partial charge on any atom is 0.322 e. The minimum absolute atomic E-state index is 0.0362. The second-order valence-corrected chi connectivity index (χ2v) is 5.83. The molecule has 0 spiro atoms. The molecule has 0 radical (unpaired) electrons. The summed E-state index contributed by atoms with van der Waals surface area (Å²) in [6, 6.07) is -1.30. The number of carboxylic acid groups (broad SMARTS) is 1. The molecule has 0 aliphatic carbocycles. The maximum atomic E-state index is 12.1. The number of aliphatic carboxylic acids is 1. The quantitative estimate of drug-likeness (QED) is 0.562. The average Bonchev–Trinajstić information content (AvgIpc) is 2.99. The number of aromatic amines is 2. The number of hydrogen-bond donors (Lipinski definition) is 4. The van der Waals surface area contributed by atoms with Crippen LogP contribution < -0.4 is 4.72 Å². The number of imidazole rings is 1. The monoisotopic (exact) mass is 299 g/mol. The molecule has 108 valence electrons. The Kier molecular flexibility index (Phi) is 3.86. The first-order chi connectivity index (χ1) is 9.40. The lowest BCUT2D eigenvalue weighted by Crippen LogP contribution is -2.42. The summed E-state index contributed by atoms with van der Waals surface area (Å²) in [5, 5.41) is 15.2. The van der Waals surface area contributed by atoms with Gasteiger partial charge in [-0.05, 0) is 6.92 Å². The molecular weight excluding hydrogens is 286 g/mol. The Morgan fingerprint density at radius 3 is 2.75 bits per heavy atom. The third-order valence-electron chi connectivity index (χ3n) is 2.65. The Morgan fingerprint density at radius 2 is 2.25 bits per heavy atom. The molecule has 20 heavy (non-hydrogen) atoms. The molecule has 1 unspecified atom stereocenters. The van der Waals surface area contributed by atoms with Crippen LogP contribution in [0.2, 0.25) is 0 Å². The van der Waals surface area contributed by atoms with Gasteiger partial charge in [-0.25, -0.2) is 13.4 Å². The molecule has 2 heterocycles. The average molecular weight is 299 g/mol. The predicted molar refractivity (Wildman–Crippen MR) is 67.4 cm³/mol. The van der Waals surface area contributed by atoms with Gasteiger partial charge in [0.15, 0.2) is 0 Å². The fourth-order valence-electron chi connectivity index (χ4n) is 1.66. The lowest BCUT2D eigenvalue weighted by Gasteiger charge is -2.13. The number of rotatable bonds is 6. The van der Waals surface area contributed by atoms with E-state index in [0.29, 0.717) is 11.4 Å². The first kappa shape index (κ1) is 14.2. The molecule has 2 rings (SSSR count). The summed E-state index contributed by atoms with van der Waals surface area (Å²) >= 11 is 0. The highest BCUT2D eigenvalue weighted by Crippen LogP contribution is 2.12. The highest BCUT2D eigenvalue weighted by Gasteiger charge is 2.27. The second-order valence-electron chi connectivity index (χ2n) is 4.15. The zero-order valence-corrected chi connectivity index (χ0v) is 11.3. The molecule has 4 N–H and O–H groups in total. The molecule has 0 saturated carbocycles. The Hall–Kier alpha value is -2.20. The van der Waals surface area contributed by atoms with E-state index in [9.17, 15) is 13.2 Å². The molecule has 0 aliphatic rings. The second kappa shape index (κ2) is 5.43. The van der Waals surface area contributed by atoms with E-state index in [-0.39, 0.29) is 11.3 Å². The summed E-state index contributed by atoms with van der Waals surface area (Å²) in [5.41, 5.74) is 0.854. The fourth-order valence-corrected chi connectivity index (χ4v) is 2.98. The van der Waals surface area contributed by atoms with E-state index in [2.05, 4.69) is 24.9 Å². The Bertz CT molecular complexity index is 691.